The van der Waals surface area contributed by atoms with E-state index in [1.165, 1.54) is 16.4 Å². The van der Waals surface area contributed by atoms with Crippen LogP contribution in [0.3, 0.4) is 0 Å². The number of aromatic nitrogens is 2. The first-order chi connectivity index (χ1) is 12.4. The van der Waals surface area contributed by atoms with E-state index in [4.69, 9.17) is 0 Å². The van der Waals surface area contributed by atoms with Crippen molar-refractivity contribution in [3.8, 4) is 0 Å². The smallest absolute Gasteiger partial charge is 0.251 e. The third-order valence-electron chi connectivity index (χ3n) is 4.35. The molecule has 2 heterocycles. The van der Waals surface area contributed by atoms with E-state index in [0.717, 1.165) is 5.56 Å². The van der Waals surface area contributed by atoms with Crippen molar-refractivity contribution in [3.63, 3.8) is 0 Å². The summed E-state index contributed by atoms with van der Waals surface area (Å²) in [5, 5.41) is 6.83. The van der Waals surface area contributed by atoms with E-state index in [1.807, 2.05) is 25.3 Å². The largest absolute Gasteiger partial charge is 0.348 e. The summed E-state index contributed by atoms with van der Waals surface area (Å²) in [4.78, 5) is 12.5. The second kappa shape index (κ2) is 7.43. The van der Waals surface area contributed by atoms with Crippen LogP contribution >= 0.6 is 0 Å². The molecule has 2 aromatic rings. The van der Waals surface area contributed by atoms with Crippen molar-refractivity contribution in [1.29, 1.82) is 0 Å². The molecule has 8 heteroatoms. The minimum absolute atomic E-state index is 0.133. The van der Waals surface area contributed by atoms with Crippen molar-refractivity contribution in [1.82, 2.24) is 19.4 Å². The summed E-state index contributed by atoms with van der Waals surface area (Å²) in [6.45, 7) is 2.64. The minimum Gasteiger partial charge on any atom is -0.348 e. The molecule has 1 unspecified atom stereocenters. The fourth-order valence-electron chi connectivity index (χ4n) is 2.95. The topological polar surface area (TPSA) is 84.3 Å². The maximum absolute atomic E-state index is 12.9. The van der Waals surface area contributed by atoms with E-state index >= 15 is 0 Å². The van der Waals surface area contributed by atoms with Gasteiger partial charge in [0.25, 0.3) is 5.91 Å². The van der Waals surface area contributed by atoms with Crippen LogP contribution in [0.1, 0.15) is 29.3 Å². The molecule has 1 aliphatic rings. The van der Waals surface area contributed by atoms with Gasteiger partial charge in [-0.2, -0.15) is 9.40 Å². The van der Waals surface area contributed by atoms with Gasteiger partial charge in [0.2, 0.25) is 10.0 Å². The number of nitrogens with zero attached hydrogens (tertiary/aromatic N) is 3. The average molecular weight is 374 g/mol. The molecule has 0 spiro atoms. The lowest BCUT2D eigenvalue weighted by Crippen LogP contribution is -2.35. The monoisotopic (exact) mass is 374 g/mol. The van der Waals surface area contributed by atoms with Gasteiger partial charge in [-0.3, -0.25) is 9.48 Å². The molecule has 0 radical (unpaired) electrons. The molecule has 1 aliphatic heterocycles. The predicted octanol–water partition coefficient (Wildman–Crippen LogP) is 1.69. The lowest BCUT2D eigenvalue weighted by Gasteiger charge is -2.23. The van der Waals surface area contributed by atoms with E-state index in [9.17, 15) is 13.2 Å². The second-order valence-corrected chi connectivity index (χ2v) is 8.10. The van der Waals surface area contributed by atoms with Gasteiger partial charge < -0.3 is 5.32 Å². The molecule has 0 saturated heterocycles. The summed E-state index contributed by atoms with van der Waals surface area (Å²) in [7, 11) is -1.84. The van der Waals surface area contributed by atoms with Crippen molar-refractivity contribution in [3.05, 3.63) is 59.9 Å². The molecule has 1 amide bonds. The van der Waals surface area contributed by atoms with Crippen LogP contribution in [0.25, 0.3) is 0 Å². The van der Waals surface area contributed by atoms with Gasteiger partial charge in [-0.05, 0) is 24.6 Å². The van der Waals surface area contributed by atoms with Crippen LogP contribution in [0.4, 0.5) is 0 Å². The highest BCUT2D eigenvalue weighted by Gasteiger charge is 2.31. The van der Waals surface area contributed by atoms with Crippen LogP contribution in [0.5, 0.6) is 0 Å². The summed E-state index contributed by atoms with van der Waals surface area (Å²) in [5.74, 6) is -0.322. The van der Waals surface area contributed by atoms with Gasteiger partial charge in [-0.15, -0.1) is 0 Å². The summed E-state index contributed by atoms with van der Waals surface area (Å²) >= 11 is 0. The van der Waals surface area contributed by atoms with Crippen LogP contribution in [-0.2, 0) is 23.6 Å². The number of rotatable bonds is 6. The molecule has 1 atom stereocenters. The van der Waals surface area contributed by atoms with Crippen molar-refractivity contribution < 1.29 is 13.2 Å². The Kier molecular flexibility index (Phi) is 5.24. The van der Waals surface area contributed by atoms with E-state index in [-0.39, 0.29) is 16.8 Å². The number of amides is 1. The fraction of sp³-hybridized carbons (Fsp3) is 0.333. The molecule has 1 aromatic carbocycles. The van der Waals surface area contributed by atoms with Crippen LogP contribution in [0.2, 0.25) is 0 Å². The molecule has 0 aliphatic carbocycles. The Morgan fingerprint density at radius 3 is 2.88 bits per heavy atom. The number of aryl methyl sites for hydroxylation is 1. The van der Waals surface area contributed by atoms with E-state index < -0.39 is 10.0 Å². The van der Waals surface area contributed by atoms with E-state index in [0.29, 0.717) is 25.1 Å². The summed E-state index contributed by atoms with van der Waals surface area (Å²) in [6, 6.07) is 6.02. The summed E-state index contributed by atoms with van der Waals surface area (Å²) in [5.41, 5.74) is 1.19. The Labute approximate surface area is 153 Å². The number of benzene rings is 1. The van der Waals surface area contributed by atoms with Gasteiger partial charge in [0, 0.05) is 43.5 Å². The normalized spacial score (nSPS) is 17.5. The number of hydrogen-bond donors (Lipinski definition) is 1. The van der Waals surface area contributed by atoms with Crippen LogP contribution < -0.4 is 5.32 Å². The maximum Gasteiger partial charge on any atom is 0.251 e. The van der Waals surface area contributed by atoms with Crippen LogP contribution in [0.15, 0.2) is 53.7 Å². The molecule has 0 saturated carbocycles. The Balaban J connectivity index is 1.76. The first-order valence-corrected chi connectivity index (χ1v) is 9.90. The van der Waals surface area contributed by atoms with Gasteiger partial charge >= 0.3 is 0 Å². The quantitative estimate of drug-likeness (QED) is 0.780. The van der Waals surface area contributed by atoms with Gasteiger partial charge in [-0.1, -0.05) is 25.1 Å². The van der Waals surface area contributed by atoms with Gasteiger partial charge in [0.1, 0.15) is 0 Å². The Morgan fingerprint density at radius 1 is 1.38 bits per heavy atom. The van der Waals surface area contributed by atoms with Crippen molar-refractivity contribution in [2.24, 2.45) is 7.05 Å². The molecule has 1 N–H and O–H groups in total. The molecular formula is C18H22N4O3S. The van der Waals surface area contributed by atoms with Crippen LogP contribution in [-0.4, -0.2) is 41.0 Å². The Morgan fingerprint density at radius 2 is 2.19 bits per heavy atom. The molecule has 138 valence electrons. The summed E-state index contributed by atoms with van der Waals surface area (Å²) in [6.07, 6.45) is 7.96. The maximum atomic E-state index is 12.9. The first-order valence-electron chi connectivity index (χ1n) is 8.46. The second-order valence-electron chi connectivity index (χ2n) is 6.21. The van der Waals surface area contributed by atoms with Gasteiger partial charge in [-0.25, -0.2) is 8.42 Å². The molecule has 0 bridgehead atoms. The Hall–Kier alpha value is -2.45. The van der Waals surface area contributed by atoms with Crippen molar-refractivity contribution >= 4 is 15.9 Å². The number of sulfonamides is 1. The first kappa shape index (κ1) is 18.3. The lowest BCUT2D eigenvalue weighted by atomic mass is 10.2. The minimum atomic E-state index is -3.64. The molecule has 0 fully saturated rings. The SMILES string of the molecule is CCC1C=CCN1S(=O)(=O)c1cccc(C(=O)NCc2cnn(C)c2)c1. The number of nitrogens with one attached hydrogen (secondary N) is 1. The highest BCUT2D eigenvalue weighted by atomic mass is 32.2. The Bertz CT molecular complexity index is 933. The van der Waals surface area contributed by atoms with Gasteiger partial charge in [0.05, 0.1) is 11.1 Å². The number of carbonyl (C=O) groups is 1. The van der Waals surface area contributed by atoms with Crippen molar-refractivity contribution in [2.75, 3.05) is 6.54 Å². The molecule has 3 rings (SSSR count). The van der Waals surface area contributed by atoms with E-state index in [1.54, 1.807) is 30.1 Å². The molecule has 26 heavy (non-hydrogen) atoms. The molecule has 1 aromatic heterocycles. The zero-order valence-electron chi connectivity index (χ0n) is 14.8. The third kappa shape index (κ3) is 3.71. The molecular weight excluding hydrogens is 352 g/mol. The molecule has 7 nitrogen and oxygen atoms in total. The fourth-order valence-corrected chi connectivity index (χ4v) is 4.61. The highest BCUT2D eigenvalue weighted by molar-refractivity contribution is 7.89. The zero-order chi connectivity index (χ0) is 18.7. The number of hydrogen-bond acceptors (Lipinski definition) is 4. The lowest BCUT2D eigenvalue weighted by molar-refractivity contribution is 0.0950. The predicted molar refractivity (Wildman–Crippen MR) is 97.9 cm³/mol. The van der Waals surface area contributed by atoms with Gasteiger partial charge in [0.15, 0.2) is 0 Å². The van der Waals surface area contributed by atoms with Crippen molar-refractivity contribution in [2.45, 2.75) is 30.8 Å². The number of carbonyl (C=O) groups excluding carboxylic acids is 1. The average Bonchev–Trinajstić information content (AvgIpc) is 3.28. The summed E-state index contributed by atoms with van der Waals surface area (Å²) < 4.78 is 28.9. The standard InChI is InChI=1S/C18H22N4O3S/c1-3-16-7-5-9-22(16)26(24,25)17-8-4-6-15(10-17)18(23)19-11-14-12-20-21(2)13-14/h4-8,10,12-13,16H,3,9,11H2,1-2H3,(H,19,23). The van der Waals surface area contributed by atoms with E-state index in [2.05, 4.69) is 10.4 Å². The zero-order valence-corrected chi connectivity index (χ0v) is 15.6. The third-order valence-corrected chi connectivity index (χ3v) is 6.23. The highest BCUT2D eigenvalue weighted by Crippen LogP contribution is 2.24. The van der Waals surface area contributed by atoms with Crippen LogP contribution in [0, 0.1) is 0 Å².